The standard InChI is InChI=1S/C19H22N2O2/c1-13-9-10-17(11-14(13)2)21-19(23)18(22)20-12-15(3)16-7-5-4-6-8-16/h4-11,15H,12H2,1-3H3,(H,20,22)(H,21,23)/t15-/m1/s1. The Kier molecular flexibility index (Phi) is 5.52. The van der Waals surface area contributed by atoms with E-state index < -0.39 is 11.8 Å². The van der Waals surface area contributed by atoms with Gasteiger partial charge in [-0.2, -0.15) is 0 Å². The van der Waals surface area contributed by atoms with Crippen LogP contribution in [0.25, 0.3) is 0 Å². The number of amides is 2. The molecule has 2 amide bonds. The predicted octanol–water partition coefficient (Wildman–Crippen LogP) is 3.16. The number of hydrogen-bond acceptors (Lipinski definition) is 2. The van der Waals surface area contributed by atoms with Gasteiger partial charge in [-0.15, -0.1) is 0 Å². The molecule has 0 radical (unpaired) electrons. The molecule has 0 saturated heterocycles. The number of carbonyl (C=O) groups is 2. The van der Waals surface area contributed by atoms with Crippen molar-refractivity contribution in [2.45, 2.75) is 26.7 Å². The Labute approximate surface area is 136 Å². The minimum absolute atomic E-state index is 0.148. The monoisotopic (exact) mass is 310 g/mol. The van der Waals surface area contributed by atoms with Gasteiger partial charge in [0.2, 0.25) is 0 Å². The van der Waals surface area contributed by atoms with Gasteiger partial charge in [0.1, 0.15) is 0 Å². The Morgan fingerprint density at radius 3 is 2.30 bits per heavy atom. The Hall–Kier alpha value is -2.62. The van der Waals surface area contributed by atoms with E-state index in [9.17, 15) is 9.59 Å². The summed E-state index contributed by atoms with van der Waals surface area (Å²) in [7, 11) is 0. The summed E-state index contributed by atoms with van der Waals surface area (Å²) < 4.78 is 0. The van der Waals surface area contributed by atoms with E-state index in [2.05, 4.69) is 10.6 Å². The number of benzene rings is 2. The highest BCUT2D eigenvalue weighted by Crippen LogP contribution is 2.14. The van der Waals surface area contributed by atoms with Crippen LogP contribution in [0.5, 0.6) is 0 Å². The maximum atomic E-state index is 11.9. The van der Waals surface area contributed by atoms with Crippen molar-refractivity contribution in [1.82, 2.24) is 5.32 Å². The highest BCUT2D eigenvalue weighted by molar-refractivity contribution is 6.39. The molecule has 0 spiro atoms. The van der Waals surface area contributed by atoms with Crippen LogP contribution < -0.4 is 10.6 Å². The molecule has 0 aliphatic rings. The topological polar surface area (TPSA) is 58.2 Å². The summed E-state index contributed by atoms with van der Waals surface area (Å²) in [6, 6.07) is 15.4. The Bertz CT molecular complexity index is 696. The minimum Gasteiger partial charge on any atom is -0.347 e. The zero-order valence-electron chi connectivity index (χ0n) is 13.7. The molecular weight excluding hydrogens is 288 g/mol. The summed E-state index contributed by atoms with van der Waals surface area (Å²) in [5.41, 5.74) is 3.97. The van der Waals surface area contributed by atoms with E-state index in [1.54, 1.807) is 6.07 Å². The SMILES string of the molecule is Cc1ccc(NC(=O)C(=O)NC[C@@H](C)c2ccccc2)cc1C. The van der Waals surface area contributed by atoms with E-state index in [0.717, 1.165) is 16.7 Å². The van der Waals surface area contributed by atoms with E-state index in [4.69, 9.17) is 0 Å². The van der Waals surface area contributed by atoms with Crippen LogP contribution in [-0.4, -0.2) is 18.4 Å². The van der Waals surface area contributed by atoms with Gasteiger partial charge in [-0.3, -0.25) is 9.59 Å². The van der Waals surface area contributed by atoms with Crippen LogP contribution in [0.15, 0.2) is 48.5 Å². The third kappa shape index (κ3) is 4.68. The molecule has 0 fully saturated rings. The van der Waals surface area contributed by atoms with Crippen LogP contribution in [0.2, 0.25) is 0 Å². The first kappa shape index (κ1) is 16.7. The van der Waals surface area contributed by atoms with E-state index in [1.807, 2.05) is 63.2 Å². The maximum Gasteiger partial charge on any atom is 0.313 e. The molecule has 0 aliphatic carbocycles. The van der Waals surface area contributed by atoms with Crippen LogP contribution in [0.3, 0.4) is 0 Å². The van der Waals surface area contributed by atoms with Crippen LogP contribution in [0.4, 0.5) is 5.69 Å². The fourth-order valence-corrected chi connectivity index (χ4v) is 2.23. The molecule has 2 aromatic carbocycles. The third-order valence-corrected chi connectivity index (χ3v) is 3.91. The highest BCUT2D eigenvalue weighted by atomic mass is 16.2. The van der Waals surface area contributed by atoms with Crippen LogP contribution >= 0.6 is 0 Å². The van der Waals surface area contributed by atoms with Crippen LogP contribution in [0.1, 0.15) is 29.5 Å². The van der Waals surface area contributed by atoms with E-state index in [1.165, 1.54) is 0 Å². The van der Waals surface area contributed by atoms with Crippen molar-refractivity contribution in [3.8, 4) is 0 Å². The molecule has 0 unspecified atom stereocenters. The molecule has 120 valence electrons. The van der Waals surface area contributed by atoms with Gasteiger partial charge in [-0.25, -0.2) is 0 Å². The van der Waals surface area contributed by atoms with Crippen LogP contribution in [0, 0.1) is 13.8 Å². The van der Waals surface area contributed by atoms with Crippen molar-refractivity contribution in [2.24, 2.45) is 0 Å². The minimum atomic E-state index is -0.645. The van der Waals surface area contributed by atoms with Crippen molar-refractivity contribution in [3.63, 3.8) is 0 Å². The van der Waals surface area contributed by atoms with Gasteiger partial charge in [0.15, 0.2) is 0 Å². The fraction of sp³-hybridized carbons (Fsp3) is 0.263. The normalized spacial score (nSPS) is 11.6. The lowest BCUT2D eigenvalue weighted by atomic mass is 10.0. The zero-order valence-corrected chi connectivity index (χ0v) is 13.7. The maximum absolute atomic E-state index is 11.9. The van der Waals surface area contributed by atoms with Crippen LogP contribution in [-0.2, 0) is 9.59 Å². The number of aryl methyl sites for hydroxylation is 2. The Balaban J connectivity index is 1.87. The van der Waals surface area contributed by atoms with Gasteiger partial charge < -0.3 is 10.6 Å². The third-order valence-electron chi connectivity index (χ3n) is 3.91. The van der Waals surface area contributed by atoms with Gasteiger partial charge in [-0.1, -0.05) is 43.3 Å². The number of hydrogen-bond donors (Lipinski definition) is 2. The first-order valence-corrected chi connectivity index (χ1v) is 7.68. The van der Waals surface area contributed by atoms with Crippen molar-refractivity contribution < 1.29 is 9.59 Å². The molecule has 2 N–H and O–H groups in total. The lowest BCUT2D eigenvalue weighted by Crippen LogP contribution is -2.37. The van der Waals surface area contributed by atoms with Crippen molar-refractivity contribution in [1.29, 1.82) is 0 Å². The fourth-order valence-electron chi connectivity index (χ4n) is 2.23. The molecule has 0 bridgehead atoms. The smallest absolute Gasteiger partial charge is 0.313 e. The Morgan fingerprint density at radius 2 is 1.65 bits per heavy atom. The predicted molar refractivity (Wildman–Crippen MR) is 92.4 cm³/mol. The molecule has 0 heterocycles. The van der Waals surface area contributed by atoms with Gasteiger partial charge in [0.05, 0.1) is 0 Å². The molecule has 2 aromatic rings. The van der Waals surface area contributed by atoms with Gasteiger partial charge in [0, 0.05) is 12.2 Å². The second-order valence-electron chi connectivity index (χ2n) is 5.77. The molecule has 0 aliphatic heterocycles. The molecule has 23 heavy (non-hydrogen) atoms. The molecule has 0 saturated carbocycles. The first-order chi connectivity index (χ1) is 11.0. The molecule has 2 rings (SSSR count). The average molecular weight is 310 g/mol. The molecule has 1 atom stereocenters. The first-order valence-electron chi connectivity index (χ1n) is 7.68. The molecule has 4 heteroatoms. The lowest BCUT2D eigenvalue weighted by Gasteiger charge is -2.13. The average Bonchev–Trinajstić information content (AvgIpc) is 2.56. The Morgan fingerprint density at radius 1 is 0.957 bits per heavy atom. The van der Waals surface area contributed by atoms with E-state index in [-0.39, 0.29) is 5.92 Å². The van der Waals surface area contributed by atoms with E-state index in [0.29, 0.717) is 12.2 Å². The molecule has 0 aromatic heterocycles. The summed E-state index contributed by atoms with van der Waals surface area (Å²) in [4.78, 5) is 23.8. The van der Waals surface area contributed by atoms with Crippen molar-refractivity contribution in [2.75, 3.05) is 11.9 Å². The highest BCUT2D eigenvalue weighted by Gasteiger charge is 2.15. The quantitative estimate of drug-likeness (QED) is 0.852. The summed E-state index contributed by atoms with van der Waals surface area (Å²) in [6.07, 6.45) is 0. The van der Waals surface area contributed by atoms with Crippen molar-refractivity contribution in [3.05, 3.63) is 65.2 Å². The molecular formula is C19H22N2O2. The zero-order chi connectivity index (χ0) is 16.8. The van der Waals surface area contributed by atoms with Gasteiger partial charge in [-0.05, 0) is 48.6 Å². The lowest BCUT2D eigenvalue weighted by molar-refractivity contribution is -0.136. The second-order valence-corrected chi connectivity index (χ2v) is 5.77. The second kappa shape index (κ2) is 7.58. The van der Waals surface area contributed by atoms with Gasteiger partial charge in [0.25, 0.3) is 0 Å². The summed E-state index contributed by atoms with van der Waals surface area (Å²) in [5.74, 6) is -1.12. The summed E-state index contributed by atoms with van der Waals surface area (Å²) >= 11 is 0. The van der Waals surface area contributed by atoms with Crippen molar-refractivity contribution >= 4 is 17.5 Å². The largest absolute Gasteiger partial charge is 0.347 e. The number of nitrogens with one attached hydrogen (secondary N) is 2. The number of carbonyl (C=O) groups excluding carboxylic acids is 2. The summed E-state index contributed by atoms with van der Waals surface area (Å²) in [5, 5.41) is 5.30. The van der Waals surface area contributed by atoms with E-state index >= 15 is 0 Å². The number of rotatable bonds is 4. The summed E-state index contributed by atoms with van der Waals surface area (Å²) in [6.45, 7) is 6.39. The van der Waals surface area contributed by atoms with Gasteiger partial charge >= 0.3 is 11.8 Å². The number of anilines is 1. The molecule has 4 nitrogen and oxygen atoms in total.